The molecule has 0 unspecified atom stereocenters. The van der Waals surface area contributed by atoms with Gasteiger partial charge in [-0.15, -0.1) is 0 Å². The largest absolute Gasteiger partial charge is 0.508 e. The maximum atomic E-state index is 14.0. The average Bonchev–Trinajstić information content (AvgIpc) is 3.51. The first-order valence-corrected chi connectivity index (χ1v) is 14.0. The number of aliphatic hydroxyl groups excluding tert-OH is 2. The number of carbonyl (C=O) groups excluding carboxylic acids is 4. The number of likely N-dealkylation sites (N-methyl/N-ethyl adjacent to an activating group) is 1. The molecule has 0 radical (unpaired) electrons. The van der Waals surface area contributed by atoms with E-state index in [9.17, 15) is 39.6 Å². The smallest absolute Gasteiger partial charge is 0.255 e. The van der Waals surface area contributed by atoms with Crippen molar-refractivity contribution in [3.63, 3.8) is 0 Å². The van der Waals surface area contributed by atoms with Gasteiger partial charge in [0, 0.05) is 17.9 Å². The molecule has 3 aromatic rings. The van der Waals surface area contributed by atoms with Crippen molar-refractivity contribution in [3.05, 3.63) is 94.2 Å². The maximum absolute atomic E-state index is 14.0. The third kappa shape index (κ3) is 4.19. The number of fused-ring (bicyclic) bond motifs is 3. The van der Waals surface area contributed by atoms with Crippen LogP contribution in [-0.4, -0.2) is 74.3 Å². The molecular formula is C33H30N2O9. The first-order chi connectivity index (χ1) is 20.9. The molecule has 1 fully saturated rings. The highest BCUT2D eigenvalue weighted by Crippen LogP contribution is 2.53. The summed E-state index contributed by atoms with van der Waals surface area (Å²) in [5.41, 5.74) is 4.33. The SMILES string of the molecule is CN(C)[C@H]1C(=O)C(C(N)=O)=C(O)[C@]2(O)C(=O)C3=C(O)c4c(O)ccc(-c5ccc(CC(=O)c6ccco6)cc5)c4C[C@@H]3C[C@H]12. The Morgan fingerprint density at radius 1 is 1.05 bits per heavy atom. The molecule has 11 nitrogen and oxygen atoms in total. The Hall–Kier alpha value is -5.00. The number of hydrogen-bond donors (Lipinski definition) is 5. The maximum Gasteiger partial charge on any atom is 0.255 e. The van der Waals surface area contributed by atoms with Gasteiger partial charge in [0.15, 0.2) is 17.1 Å². The number of rotatable bonds is 6. The predicted octanol–water partition coefficient (Wildman–Crippen LogP) is 2.65. The number of nitrogens with two attached hydrogens (primary N) is 1. The number of benzene rings is 2. The lowest BCUT2D eigenvalue weighted by Crippen LogP contribution is -2.65. The molecule has 0 aliphatic heterocycles. The molecule has 0 bridgehead atoms. The van der Waals surface area contributed by atoms with E-state index in [1.807, 2.05) is 12.1 Å². The number of aliphatic hydroxyl groups is 3. The molecule has 3 aliphatic rings. The van der Waals surface area contributed by atoms with E-state index in [0.717, 1.165) is 11.1 Å². The zero-order valence-electron chi connectivity index (χ0n) is 23.9. The van der Waals surface area contributed by atoms with Gasteiger partial charge in [0.1, 0.15) is 22.8 Å². The summed E-state index contributed by atoms with van der Waals surface area (Å²) in [7, 11) is 3.10. The van der Waals surface area contributed by atoms with Crippen LogP contribution in [0.1, 0.15) is 33.7 Å². The van der Waals surface area contributed by atoms with Crippen molar-refractivity contribution in [2.24, 2.45) is 17.6 Å². The molecule has 44 heavy (non-hydrogen) atoms. The molecule has 1 amide bonds. The molecule has 6 N–H and O–H groups in total. The molecule has 3 aliphatic carbocycles. The molecule has 1 aromatic heterocycles. The summed E-state index contributed by atoms with van der Waals surface area (Å²) in [6, 6.07) is 12.4. The van der Waals surface area contributed by atoms with E-state index in [0.29, 0.717) is 11.1 Å². The van der Waals surface area contributed by atoms with Crippen LogP contribution in [0.25, 0.3) is 16.9 Å². The minimum Gasteiger partial charge on any atom is -0.508 e. The average molecular weight is 599 g/mol. The summed E-state index contributed by atoms with van der Waals surface area (Å²) < 4.78 is 5.18. The van der Waals surface area contributed by atoms with Gasteiger partial charge in [-0.2, -0.15) is 0 Å². The Bertz CT molecular complexity index is 1800. The van der Waals surface area contributed by atoms with Crippen molar-refractivity contribution in [3.8, 4) is 16.9 Å². The fourth-order valence-corrected chi connectivity index (χ4v) is 7.03. The van der Waals surface area contributed by atoms with Crippen LogP contribution in [0.15, 0.2) is 76.1 Å². The molecule has 0 saturated heterocycles. The zero-order valence-corrected chi connectivity index (χ0v) is 23.9. The summed E-state index contributed by atoms with van der Waals surface area (Å²) in [4.78, 5) is 53.4. The lowest BCUT2D eigenvalue weighted by atomic mass is 9.57. The summed E-state index contributed by atoms with van der Waals surface area (Å²) in [6.45, 7) is 0. The van der Waals surface area contributed by atoms with Crippen LogP contribution >= 0.6 is 0 Å². The minimum absolute atomic E-state index is 0.00527. The first-order valence-electron chi connectivity index (χ1n) is 14.0. The summed E-state index contributed by atoms with van der Waals surface area (Å²) in [6.07, 6.45) is 1.73. The standard InChI is InChI=1S/C33H30N2O9/c1-35(2)27-20-14-17-13-19-18(16-7-5-15(6-8-16)12-22(37)23-4-3-11-44-23)9-10-21(36)25(19)28(38)24(17)30(40)33(20,43)31(41)26(29(27)39)32(34)42/h3-11,17,20,27,36,38,41,43H,12-14H2,1-2H3,(H2,34,42)/t17-,20-,27-,33-/m1/s1. The predicted molar refractivity (Wildman–Crippen MR) is 156 cm³/mol. The number of nitrogens with zero attached hydrogens (tertiary/aromatic N) is 1. The summed E-state index contributed by atoms with van der Waals surface area (Å²) in [5, 5.41) is 45.0. The zero-order chi connectivity index (χ0) is 31.7. The number of ketones is 3. The van der Waals surface area contributed by atoms with Crippen LogP contribution in [0, 0.1) is 11.8 Å². The molecule has 4 atom stereocenters. The Kier molecular flexibility index (Phi) is 6.82. The molecule has 11 heteroatoms. The van der Waals surface area contributed by atoms with Gasteiger partial charge in [-0.1, -0.05) is 30.3 Å². The third-order valence-corrected chi connectivity index (χ3v) is 9.03. The molecule has 1 saturated carbocycles. The van der Waals surface area contributed by atoms with Crippen molar-refractivity contribution in [2.75, 3.05) is 14.1 Å². The Labute approximate surface area is 251 Å². The number of primary amides is 1. The Balaban J connectivity index is 1.43. The number of phenols is 1. The summed E-state index contributed by atoms with van der Waals surface area (Å²) >= 11 is 0. The minimum atomic E-state index is -2.69. The van der Waals surface area contributed by atoms with Gasteiger partial charge < -0.3 is 30.6 Å². The normalized spacial score (nSPS) is 24.7. The number of carbonyl (C=O) groups is 4. The second-order valence-electron chi connectivity index (χ2n) is 11.7. The number of furan rings is 1. The van der Waals surface area contributed by atoms with Crippen molar-refractivity contribution >= 4 is 29.0 Å². The van der Waals surface area contributed by atoms with Gasteiger partial charge >= 0.3 is 0 Å². The van der Waals surface area contributed by atoms with Crippen molar-refractivity contribution in [1.82, 2.24) is 4.90 Å². The second-order valence-corrected chi connectivity index (χ2v) is 11.7. The highest BCUT2D eigenvalue weighted by molar-refractivity contribution is 6.24. The fourth-order valence-electron chi connectivity index (χ4n) is 7.03. The number of hydrogen-bond acceptors (Lipinski definition) is 10. The Morgan fingerprint density at radius 3 is 2.36 bits per heavy atom. The third-order valence-electron chi connectivity index (χ3n) is 9.03. The molecule has 1 heterocycles. The topological polar surface area (TPSA) is 192 Å². The van der Waals surface area contributed by atoms with Gasteiger partial charge in [0.05, 0.1) is 17.9 Å². The lowest BCUT2D eigenvalue weighted by molar-refractivity contribution is -0.153. The number of amides is 1. The molecule has 226 valence electrons. The van der Waals surface area contributed by atoms with Crippen LogP contribution in [0.3, 0.4) is 0 Å². The van der Waals surface area contributed by atoms with Crippen LogP contribution in [-0.2, 0) is 27.2 Å². The van der Waals surface area contributed by atoms with Gasteiger partial charge in [-0.05, 0) is 73.3 Å². The number of phenolic OH excluding ortho intramolecular Hbond substituents is 1. The van der Waals surface area contributed by atoms with Crippen molar-refractivity contribution in [2.45, 2.75) is 30.9 Å². The van der Waals surface area contributed by atoms with Crippen LogP contribution in [0.2, 0.25) is 0 Å². The van der Waals surface area contributed by atoms with Crippen molar-refractivity contribution < 1.29 is 44.0 Å². The highest BCUT2D eigenvalue weighted by atomic mass is 16.4. The van der Waals surface area contributed by atoms with E-state index in [-0.39, 0.29) is 47.7 Å². The van der Waals surface area contributed by atoms with Gasteiger partial charge in [-0.3, -0.25) is 24.1 Å². The summed E-state index contributed by atoms with van der Waals surface area (Å²) in [5.74, 6) is -6.89. The molecule has 2 aromatic carbocycles. The fraction of sp³-hybridized carbons (Fsp3) is 0.273. The molecular weight excluding hydrogens is 568 g/mol. The highest BCUT2D eigenvalue weighted by Gasteiger charge is 2.64. The quantitative estimate of drug-likeness (QED) is 0.208. The van der Waals surface area contributed by atoms with Gasteiger partial charge in [0.25, 0.3) is 5.91 Å². The van der Waals surface area contributed by atoms with Crippen LogP contribution in [0.5, 0.6) is 5.75 Å². The molecule has 0 spiro atoms. The molecule has 6 rings (SSSR count). The second kappa shape index (κ2) is 10.3. The number of Topliss-reactive ketones (excluding diaryl/α,β-unsaturated/α-hetero) is 3. The van der Waals surface area contributed by atoms with Crippen LogP contribution < -0.4 is 5.73 Å². The van der Waals surface area contributed by atoms with E-state index in [1.165, 1.54) is 17.2 Å². The first kappa shape index (κ1) is 29.1. The van der Waals surface area contributed by atoms with E-state index >= 15 is 0 Å². The van der Waals surface area contributed by atoms with Gasteiger partial charge in [-0.25, -0.2) is 0 Å². The lowest BCUT2D eigenvalue weighted by Gasteiger charge is -2.50. The van der Waals surface area contributed by atoms with E-state index in [4.69, 9.17) is 10.2 Å². The van der Waals surface area contributed by atoms with Crippen LogP contribution in [0.4, 0.5) is 0 Å². The van der Waals surface area contributed by atoms with Crippen molar-refractivity contribution in [1.29, 1.82) is 0 Å². The van der Waals surface area contributed by atoms with E-state index in [1.54, 1.807) is 44.4 Å². The number of aromatic hydroxyl groups is 1. The monoisotopic (exact) mass is 598 g/mol. The van der Waals surface area contributed by atoms with E-state index in [2.05, 4.69) is 0 Å². The van der Waals surface area contributed by atoms with Gasteiger partial charge in [0.2, 0.25) is 11.6 Å². The Morgan fingerprint density at radius 2 is 1.75 bits per heavy atom. The van der Waals surface area contributed by atoms with E-state index < -0.39 is 58.0 Å².